The van der Waals surface area contributed by atoms with Crippen LogP contribution in [0.3, 0.4) is 0 Å². The number of hydrogen-bond acceptors (Lipinski definition) is 7. The number of hydrogen-bond donors (Lipinski definition) is 0. The molecule has 2 atom stereocenters. The van der Waals surface area contributed by atoms with E-state index in [2.05, 4.69) is 9.97 Å². The highest BCUT2D eigenvalue weighted by Gasteiger charge is 2.37. The molecule has 4 aromatic rings. The molecule has 1 aromatic carbocycles. The van der Waals surface area contributed by atoms with Gasteiger partial charge in [-0.3, -0.25) is 4.98 Å². The number of rotatable bonds is 6. The molecule has 3 aromatic heterocycles. The summed E-state index contributed by atoms with van der Waals surface area (Å²) < 4.78 is 54.4. The largest absolute Gasteiger partial charge is 0.444 e. The van der Waals surface area contributed by atoms with Crippen LogP contribution < -0.4 is 10.6 Å². The zero-order valence-electron chi connectivity index (χ0n) is 30.9. The van der Waals surface area contributed by atoms with Gasteiger partial charge in [0.25, 0.3) is 0 Å². The highest BCUT2D eigenvalue weighted by molar-refractivity contribution is 5.91. The molecule has 0 bridgehead atoms. The van der Waals surface area contributed by atoms with Crippen LogP contribution in [0.1, 0.15) is 93.7 Å². The third kappa shape index (κ3) is 6.42. The Balaban J connectivity index is 1.84. The lowest BCUT2D eigenvalue weighted by Crippen LogP contribution is -2.59. The van der Waals surface area contributed by atoms with Crippen molar-refractivity contribution < 1.29 is 21.1 Å². The molecule has 1 aliphatic heterocycles. The molecular formula is C37H44F2N6O3. The number of fused-ring (bicyclic) bond motifs is 1. The van der Waals surface area contributed by atoms with E-state index in [-0.39, 0.29) is 70.7 Å². The maximum absolute atomic E-state index is 16.5. The van der Waals surface area contributed by atoms with E-state index < -0.39 is 35.5 Å². The van der Waals surface area contributed by atoms with Crippen LogP contribution in [0.25, 0.3) is 34.1 Å². The Hall–Kier alpha value is -4.67. The Kier molecular flexibility index (Phi) is 8.70. The van der Waals surface area contributed by atoms with E-state index in [1.165, 1.54) is 22.8 Å². The number of anilines is 1. The number of piperazine rings is 1. The van der Waals surface area contributed by atoms with Gasteiger partial charge in [0.1, 0.15) is 22.9 Å². The second kappa shape index (κ2) is 13.1. The highest BCUT2D eigenvalue weighted by Crippen LogP contribution is 2.37. The molecule has 0 unspecified atom stereocenters. The first-order valence-corrected chi connectivity index (χ1v) is 16.2. The van der Waals surface area contributed by atoms with E-state index in [9.17, 15) is 9.59 Å². The van der Waals surface area contributed by atoms with Crippen LogP contribution in [0, 0.1) is 11.6 Å². The summed E-state index contributed by atoms with van der Waals surface area (Å²) in [6.45, 7) is 16.9. The zero-order valence-corrected chi connectivity index (χ0v) is 28.9. The van der Waals surface area contributed by atoms with Gasteiger partial charge in [-0.15, -0.1) is 0 Å². The third-order valence-corrected chi connectivity index (χ3v) is 8.43. The fourth-order valence-electron chi connectivity index (χ4n) is 6.42. The number of carbonyl (C=O) groups excluding carboxylic acids is 1. The Morgan fingerprint density at radius 2 is 1.75 bits per heavy atom. The van der Waals surface area contributed by atoms with Gasteiger partial charge in [0.2, 0.25) is 0 Å². The summed E-state index contributed by atoms with van der Waals surface area (Å²) in [6.07, 6.45) is 2.34. The van der Waals surface area contributed by atoms with Gasteiger partial charge in [0, 0.05) is 36.9 Å². The highest BCUT2D eigenvalue weighted by atomic mass is 19.1. The van der Waals surface area contributed by atoms with Crippen LogP contribution in [-0.2, 0) is 4.74 Å². The van der Waals surface area contributed by atoms with Crippen molar-refractivity contribution in [3.8, 4) is 16.9 Å². The van der Waals surface area contributed by atoms with E-state index >= 15 is 8.78 Å². The molecule has 0 aliphatic carbocycles. The second-order valence-corrected chi connectivity index (χ2v) is 14.0. The minimum atomic E-state index is -0.880. The first-order chi connectivity index (χ1) is 23.4. The van der Waals surface area contributed by atoms with Gasteiger partial charge in [-0.1, -0.05) is 52.4 Å². The predicted molar refractivity (Wildman–Crippen MR) is 186 cm³/mol. The number of ether oxygens (including phenoxy) is 1. The molecule has 1 amide bonds. The lowest BCUT2D eigenvalue weighted by molar-refractivity contribution is 0.0192. The van der Waals surface area contributed by atoms with Crippen molar-refractivity contribution in [2.45, 2.75) is 91.8 Å². The molecule has 1 saturated heterocycles. The van der Waals surface area contributed by atoms with Crippen LogP contribution in [0.15, 0.2) is 47.9 Å². The summed E-state index contributed by atoms with van der Waals surface area (Å²) in [5.41, 5.74) is 0.0120. The Labute approximate surface area is 283 Å². The van der Waals surface area contributed by atoms with E-state index in [0.717, 1.165) is 17.7 Å². The van der Waals surface area contributed by atoms with Crippen LogP contribution in [-0.4, -0.2) is 61.3 Å². The molecule has 11 heteroatoms. The average Bonchev–Trinajstić information content (AvgIpc) is 2.99. The van der Waals surface area contributed by atoms with Crippen molar-refractivity contribution in [3.63, 3.8) is 0 Å². The molecule has 0 N–H and O–H groups in total. The summed E-state index contributed by atoms with van der Waals surface area (Å²) in [5.74, 6) is -1.68. The number of carbonyl (C=O) groups is 1. The summed E-state index contributed by atoms with van der Waals surface area (Å²) in [7, 11) is 0. The van der Waals surface area contributed by atoms with E-state index in [4.69, 9.17) is 12.5 Å². The molecule has 48 heavy (non-hydrogen) atoms. The topological polar surface area (TPSA) is 93.5 Å². The summed E-state index contributed by atoms with van der Waals surface area (Å²) >= 11 is 0. The minimum absolute atomic E-state index is 0.0392. The molecule has 254 valence electrons. The quantitative estimate of drug-likeness (QED) is 0.208. The first-order valence-electron chi connectivity index (χ1n) is 17.2. The van der Waals surface area contributed by atoms with Gasteiger partial charge in [-0.25, -0.2) is 27.9 Å². The van der Waals surface area contributed by atoms with Crippen molar-refractivity contribution in [2.75, 3.05) is 18.0 Å². The normalized spacial score (nSPS) is 17.5. The molecule has 1 aliphatic rings. The van der Waals surface area contributed by atoms with Crippen molar-refractivity contribution >= 4 is 29.0 Å². The van der Waals surface area contributed by atoms with Gasteiger partial charge in [0.15, 0.2) is 11.5 Å². The third-order valence-electron chi connectivity index (χ3n) is 8.43. The van der Waals surface area contributed by atoms with Crippen molar-refractivity contribution in [1.29, 1.82) is 0 Å². The van der Waals surface area contributed by atoms with Gasteiger partial charge in [0.05, 0.1) is 19.5 Å². The summed E-state index contributed by atoms with van der Waals surface area (Å²) in [4.78, 5) is 44.9. The average molecular weight is 661 g/mol. The molecular weight excluding hydrogens is 614 g/mol. The fourth-order valence-corrected chi connectivity index (χ4v) is 6.42. The van der Waals surface area contributed by atoms with Crippen LogP contribution in [0.4, 0.5) is 19.4 Å². The maximum atomic E-state index is 16.5. The summed E-state index contributed by atoms with van der Waals surface area (Å²) in [5, 5.41) is 0.207. The molecule has 4 heterocycles. The van der Waals surface area contributed by atoms with Crippen LogP contribution >= 0.6 is 0 Å². The molecule has 9 nitrogen and oxygen atoms in total. The molecule has 0 saturated carbocycles. The summed E-state index contributed by atoms with van der Waals surface area (Å²) in [6, 6.07) is 6.33. The molecule has 0 radical (unpaired) electrons. The van der Waals surface area contributed by atoms with Crippen molar-refractivity contribution in [1.82, 2.24) is 24.4 Å². The fraction of sp³-hybridized carbons (Fsp3) is 0.432. The SMILES string of the molecule is [2H]C([2H])=Cc1cccc(F)c1-c1nc2c(cc1F)c(N1[C@@H](C)CN(C(=O)OC(C)(C)C)C[C@@H]1C)nc(=O)n2-c1c(C(C)C)ccnc1C(C)C. The first kappa shape index (κ1) is 31.9. The predicted octanol–water partition coefficient (Wildman–Crippen LogP) is 7.84. The van der Waals surface area contributed by atoms with Crippen molar-refractivity contribution in [3.05, 3.63) is 82.0 Å². The number of aromatic nitrogens is 4. The van der Waals surface area contributed by atoms with Crippen LogP contribution in [0.2, 0.25) is 0 Å². The van der Waals surface area contributed by atoms with Gasteiger partial charge >= 0.3 is 11.8 Å². The number of amides is 1. The van der Waals surface area contributed by atoms with Gasteiger partial charge in [-0.05, 0) is 75.8 Å². The maximum Gasteiger partial charge on any atom is 0.410 e. The van der Waals surface area contributed by atoms with Gasteiger partial charge < -0.3 is 14.5 Å². The van der Waals surface area contributed by atoms with E-state index in [1.54, 1.807) is 31.9 Å². The Morgan fingerprint density at radius 3 is 2.35 bits per heavy atom. The molecule has 0 spiro atoms. The standard InChI is InChI=1S/C37H44F2N6O3/c1-11-24-13-12-14-27(38)29(24)31-28(39)17-26-33(41-31)45(32-25(20(2)3)15-16-40-30(32)21(4)5)35(46)42-34(26)44-22(6)18-43(19-23(44)7)36(47)48-37(8,9)10/h11-17,20-23H,1,18-19H2,2-10H3/t22-,23-/m0/s1/i1D2. The molecule has 1 fully saturated rings. The minimum Gasteiger partial charge on any atom is -0.444 e. The van der Waals surface area contributed by atoms with Crippen LogP contribution in [0.5, 0.6) is 0 Å². The number of halogens is 2. The second-order valence-electron chi connectivity index (χ2n) is 14.0. The Bertz CT molecular complexity index is 2000. The van der Waals surface area contributed by atoms with Gasteiger partial charge in [-0.2, -0.15) is 4.98 Å². The van der Waals surface area contributed by atoms with E-state index in [1.807, 2.05) is 52.5 Å². The lowest BCUT2D eigenvalue weighted by Gasteiger charge is -2.45. The number of benzene rings is 1. The zero-order chi connectivity index (χ0) is 36.8. The lowest BCUT2D eigenvalue weighted by atomic mass is 9.96. The molecule has 5 rings (SSSR count). The Morgan fingerprint density at radius 1 is 1.06 bits per heavy atom. The number of nitrogens with zero attached hydrogens (tertiary/aromatic N) is 6. The monoisotopic (exact) mass is 660 g/mol. The number of pyridine rings is 2. The van der Waals surface area contributed by atoms with Crippen molar-refractivity contribution in [2.24, 2.45) is 0 Å². The smallest absolute Gasteiger partial charge is 0.410 e. The van der Waals surface area contributed by atoms with E-state index in [0.29, 0.717) is 11.4 Å².